The minimum absolute atomic E-state index is 0.0265. The van der Waals surface area contributed by atoms with E-state index in [1.54, 1.807) is 20.8 Å². The smallest absolute Gasteiger partial charge is 0.430 e. The van der Waals surface area contributed by atoms with Crippen LogP contribution in [-0.4, -0.2) is 36.2 Å². The summed E-state index contributed by atoms with van der Waals surface area (Å²) in [5.74, 6) is 2.81. The molecule has 0 amide bonds. The molecule has 5 saturated carbocycles. The van der Waals surface area contributed by atoms with Gasteiger partial charge in [-0.3, -0.25) is 0 Å². The van der Waals surface area contributed by atoms with Crippen molar-refractivity contribution in [3.8, 4) is 0 Å². The highest BCUT2D eigenvalue weighted by Crippen LogP contribution is 2.78. The van der Waals surface area contributed by atoms with Crippen molar-refractivity contribution in [1.29, 1.82) is 0 Å². The van der Waals surface area contributed by atoms with Gasteiger partial charge in [0.1, 0.15) is 11.7 Å². The number of alkyl halides is 3. The van der Waals surface area contributed by atoms with E-state index >= 15 is 0 Å². The summed E-state index contributed by atoms with van der Waals surface area (Å²) in [6.07, 6.45) is 1.40. The first-order valence-electron chi connectivity index (χ1n) is 13.3. The molecule has 16 atom stereocenters. The summed E-state index contributed by atoms with van der Waals surface area (Å²) in [5, 5.41) is 0. The third-order valence-corrected chi connectivity index (χ3v) is 11.6. The molecule has 16 unspecified atom stereocenters. The number of ether oxygens (including phenoxy) is 3. The zero-order chi connectivity index (χ0) is 23.5. The van der Waals surface area contributed by atoms with Crippen LogP contribution in [0.15, 0.2) is 12.2 Å². The van der Waals surface area contributed by atoms with Crippen LogP contribution < -0.4 is 0 Å². The maximum atomic E-state index is 14.4. The van der Waals surface area contributed by atoms with Crippen LogP contribution in [0.4, 0.5) is 18.0 Å². The highest BCUT2D eigenvalue weighted by Gasteiger charge is 2.80. The standard InChI is InChI=1S/C27H33F3O4/c1-26(2,3)34-25(31)33-22-14-8-13(21(22)27(28,29)30)19-20(14)24-18-12-7-11(17(18)23(19)32-24)15-9-4-5-10(6-9)16(12)15/h4-5,9-24H,6-8H2,1-3H3. The SMILES string of the molecule is CC(C)(C)OC(=O)OC1C2CC(C3C4OC(C23)C2C3CC(C5C6C=CC(C6)C35)C42)C1C(F)(F)F. The van der Waals surface area contributed by atoms with Gasteiger partial charge in [-0.2, -0.15) is 13.2 Å². The van der Waals surface area contributed by atoms with E-state index in [1.165, 1.54) is 12.8 Å². The second-order valence-electron chi connectivity index (χ2n) is 13.7. The van der Waals surface area contributed by atoms with Crippen molar-refractivity contribution < 1.29 is 32.2 Å². The molecule has 2 saturated heterocycles. The molecule has 0 aromatic rings. The average molecular weight is 479 g/mol. The fraction of sp³-hybridized carbons (Fsp3) is 0.889. The predicted octanol–water partition coefficient (Wildman–Crippen LogP) is 5.47. The number of rotatable bonds is 1. The summed E-state index contributed by atoms with van der Waals surface area (Å²) in [5.41, 5.74) is -0.803. The highest BCUT2D eigenvalue weighted by atomic mass is 19.4. The Morgan fingerprint density at radius 3 is 1.88 bits per heavy atom. The quantitative estimate of drug-likeness (QED) is 0.285. The Kier molecular flexibility index (Phi) is 3.80. The van der Waals surface area contributed by atoms with Crippen LogP contribution in [0.5, 0.6) is 0 Å². The largest absolute Gasteiger partial charge is 0.509 e. The van der Waals surface area contributed by atoms with Crippen LogP contribution in [0.2, 0.25) is 0 Å². The normalized spacial score (nSPS) is 59.0. The maximum Gasteiger partial charge on any atom is 0.509 e. The lowest BCUT2D eigenvalue weighted by molar-refractivity contribution is -0.227. The van der Waals surface area contributed by atoms with Crippen LogP contribution in [-0.2, 0) is 14.2 Å². The van der Waals surface area contributed by atoms with E-state index in [1.807, 2.05) is 0 Å². The Morgan fingerprint density at radius 2 is 1.32 bits per heavy atom. The Balaban J connectivity index is 1.11. The van der Waals surface area contributed by atoms with E-state index in [0.717, 1.165) is 11.8 Å². The summed E-state index contributed by atoms with van der Waals surface area (Å²) in [4.78, 5) is 12.5. The number of allylic oxidation sites excluding steroid dienone is 2. The van der Waals surface area contributed by atoms with Gasteiger partial charge in [0.2, 0.25) is 0 Å². The molecule has 0 N–H and O–H groups in total. The molecule has 7 fully saturated rings. The number of fused-ring (bicyclic) bond motifs is 23. The Bertz CT molecular complexity index is 970. The molecule has 2 heterocycles. The van der Waals surface area contributed by atoms with Gasteiger partial charge in [-0.05, 0) is 105 Å². The second kappa shape index (κ2) is 6.18. The van der Waals surface area contributed by atoms with Gasteiger partial charge in [0, 0.05) is 5.92 Å². The third kappa shape index (κ3) is 2.39. The van der Waals surface area contributed by atoms with Gasteiger partial charge < -0.3 is 14.2 Å². The fourth-order valence-corrected chi connectivity index (χ4v) is 11.5. The molecule has 7 heteroatoms. The zero-order valence-electron chi connectivity index (χ0n) is 19.8. The number of carbonyl (C=O) groups excluding carboxylic acids is 1. The average Bonchev–Trinajstić information content (AvgIpc) is 3.56. The molecular formula is C27H33F3O4. The Hall–Kier alpha value is -1.24. The Labute approximate surface area is 197 Å². The molecule has 0 aromatic heterocycles. The number of carbonyl (C=O) groups is 1. The first-order valence-corrected chi connectivity index (χ1v) is 13.3. The van der Waals surface area contributed by atoms with Gasteiger partial charge in [-0.25, -0.2) is 4.79 Å². The summed E-state index contributed by atoms with van der Waals surface area (Å²) >= 11 is 0. The second-order valence-corrected chi connectivity index (χ2v) is 13.7. The first kappa shape index (κ1) is 20.9. The van der Waals surface area contributed by atoms with Crippen LogP contribution in [0, 0.1) is 76.9 Å². The van der Waals surface area contributed by atoms with Gasteiger partial charge in [0.15, 0.2) is 0 Å². The molecule has 8 aliphatic rings. The molecule has 8 rings (SSSR count). The van der Waals surface area contributed by atoms with E-state index in [2.05, 4.69) is 12.2 Å². The van der Waals surface area contributed by atoms with Gasteiger partial charge in [0.05, 0.1) is 18.1 Å². The molecule has 2 aliphatic heterocycles. The van der Waals surface area contributed by atoms with Crippen molar-refractivity contribution in [3.63, 3.8) is 0 Å². The molecule has 0 spiro atoms. The molecule has 34 heavy (non-hydrogen) atoms. The summed E-state index contributed by atoms with van der Waals surface area (Å²) in [6, 6.07) is 0. The number of halogens is 3. The van der Waals surface area contributed by atoms with E-state index in [-0.39, 0.29) is 30.0 Å². The number of hydrogen-bond donors (Lipinski definition) is 0. The minimum atomic E-state index is -4.40. The molecule has 6 aliphatic carbocycles. The molecule has 186 valence electrons. The molecule has 4 nitrogen and oxygen atoms in total. The van der Waals surface area contributed by atoms with Crippen molar-refractivity contribution in [1.82, 2.24) is 0 Å². The highest BCUT2D eigenvalue weighted by molar-refractivity contribution is 5.61. The molecule has 8 bridgehead atoms. The van der Waals surface area contributed by atoms with E-state index < -0.39 is 35.9 Å². The summed E-state index contributed by atoms with van der Waals surface area (Å²) in [7, 11) is 0. The van der Waals surface area contributed by atoms with Crippen LogP contribution >= 0.6 is 0 Å². The van der Waals surface area contributed by atoms with Gasteiger partial charge in [0.25, 0.3) is 0 Å². The van der Waals surface area contributed by atoms with Crippen molar-refractivity contribution in [3.05, 3.63) is 12.2 Å². The molecular weight excluding hydrogens is 445 g/mol. The lowest BCUT2D eigenvalue weighted by Crippen LogP contribution is -2.55. The number of hydrogen-bond acceptors (Lipinski definition) is 4. The lowest BCUT2D eigenvalue weighted by atomic mass is 9.54. The molecule has 0 aromatic carbocycles. The summed E-state index contributed by atoms with van der Waals surface area (Å²) < 4.78 is 60.5. The predicted molar refractivity (Wildman–Crippen MR) is 114 cm³/mol. The van der Waals surface area contributed by atoms with Gasteiger partial charge >= 0.3 is 12.3 Å². The molecule has 0 radical (unpaired) electrons. The van der Waals surface area contributed by atoms with E-state index in [0.29, 0.717) is 41.9 Å². The monoisotopic (exact) mass is 478 g/mol. The summed E-state index contributed by atoms with van der Waals surface area (Å²) in [6.45, 7) is 5.09. The van der Waals surface area contributed by atoms with Crippen molar-refractivity contribution in [2.24, 2.45) is 76.9 Å². The van der Waals surface area contributed by atoms with Crippen LogP contribution in [0.25, 0.3) is 0 Å². The van der Waals surface area contributed by atoms with Gasteiger partial charge in [-0.1, -0.05) is 12.2 Å². The maximum absolute atomic E-state index is 14.4. The topological polar surface area (TPSA) is 44.8 Å². The Morgan fingerprint density at radius 1 is 0.794 bits per heavy atom. The first-order chi connectivity index (χ1) is 16.0. The van der Waals surface area contributed by atoms with E-state index in [9.17, 15) is 18.0 Å². The van der Waals surface area contributed by atoms with Crippen molar-refractivity contribution in [2.75, 3.05) is 0 Å². The van der Waals surface area contributed by atoms with Crippen molar-refractivity contribution >= 4 is 6.16 Å². The fourth-order valence-electron chi connectivity index (χ4n) is 11.5. The van der Waals surface area contributed by atoms with E-state index in [4.69, 9.17) is 14.2 Å². The van der Waals surface area contributed by atoms with Crippen LogP contribution in [0.3, 0.4) is 0 Å². The van der Waals surface area contributed by atoms with Crippen molar-refractivity contribution in [2.45, 2.75) is 70.1 Å². The minimum Gasteiger partial charge on any atom is -0.430 e. The lowest BCUT2D eigenvalue weighted by Gasteiger charge is -2.49. The van der Waals surface area contributed by atoms with Gasteiger partial charge in [-0.15, -0.1) is 0 Å². The third-order valence-electron chi connectivity index (χ3n) is 11.6. The van der Waals surface area contributed by atoms with Crippen LogP contribution in [0.1, 0.15) is 40.0 Å². The zero-order valence-corrected chi connectivity index (χ0v) is 19.8.